The Hall–Kier alpha value is -3.64. The second-order valence-electron chi connectivity index (χ2n) is 13.3. The maximum atomic E-state index is 2.50. The van der Waals surface area contributed by atoms with Crippen molar-refractivity contribution in [3.63, 3.8) is 0 Å². The van der Waals surface area contributed by atoms with Crippen LogP contribution in [0.2, 0.25) is 0 Å². The van der Waals surface area contributed by atoms with E-state index in [2.05, 4.69) is 128 Å². The summed E-state index contributed by atoms with van der Waals surface area (Å²) in [6.45, 7) is 18.3. The minimum absolute atomic E-state index is 0.0381. The molecule has 0 N–H and O–H groups in total. The number of allylic oxidation sites excluding steroid dienone is 4. The van der Waals surface area contributed by atoms with Crippen molar-refractivity contribution in [1.29, 1.82) is 0 Å². The molecule has 4 aromatic carbocycles. The summed E-state index contributed by atoms with van der Waals surface area (Å²) >= 11 is 0. The summed E-state index contributed by atoms with van der Waals surface area (Å²) in [4.78, 5) is 0. The van der Waals surface area contributed by atoms with Crippen LogP contribution in [0.3, 0.4) is 0 Å². The molecule has 2 aliphatic rings. The molecule has 8 bridgehead atoms. The molecule has 0 aliphatic heterocycles. The Kier molecular flexibility index (Phi) is 6.93. The van der Waals surface area contributed by atoms with Gasteiger partial charge in [-0.15, -0.1) is 0 Å². The molecule has 2 aliphatic carbocycles. The van der Waals surface area contributed by atoms with Crippen molar-refractivity contribution < 1.29 is 0 Å². The van der Waals surface area contributed by atoms with Crippen LogP contribution < -0.4 is 0 Å². The van der Waals surface area contributed by atoms with Gasteiger partial charge < -0.3 is 0 Å². The fourth-order valence-corrected chi connectivity index (χ4v) is 7.65. The van der Waals surface area contributed by atoms with Gasteiger partial charge in [-0.25, -0.2) is 0 Å². The Morgan fingerprint density at radius 3 is 0.780 bits per heavy atom. The number of aryl methyl sites for hydroxylation is 4. The van der Waals surface area contributed by atoms with E-state index in [9.17, 15) is 0 Å². The van der Waals surface area contributed by atoms with Crippen LogP contribution in [0.5, 0.6) is 0 Å². The molecule has 0 saturated heterocycles. The minimum atomic E-state index is 0.0381. The van der Waals surface area contributed by atoms with Crippen LogP contribution in [-0.2, 0) is 25.7 Å². The quantitative estimate of drug-likeness (QED) is 0.210. The molecule has 0 saturated carbocycles. The Morgan fingerprint density at radius 2 is 0.561 bits per heavy atom. The molecule has 4 aromatic rings. The molecule has 0 fully saturated rings. The van der Waals surface area contributed by atoms with Crippen LogP contribution >= 0.6 is 0 Å². The van der Waals surface area contributed by atoms with Crippen LogP contribution in [0.25, 0.3) is 22.3 Å². The summed E-state index contributed by atoms with van der Waals surface area (Å²) in [7, 11) is 0. The third-order valence-corrected chi connectivity index (χ3v) is 10.3. The maximum Gasteiger partial charge on any atom is -0.0136 e. The lowest BCUT2D eigenvalue weighted by Crippen LogP contribution is -2.32. The van der Waals surface area contributed by atoms with E-state index in [0.29, 0.717) is 0 Å². The van der Waals surface area contributed by atoms with Gasteiger partial charge in [0, 0.05) is 0 Å². The van der Waals surface area contributed by atoms with Gasteiger partial charge in [-0.05, 0) is 176 Å². The van der Waals surface area contributed by atoms with E-state index in [-0.39, 0.29) is 5.41 Å². The molecule has 0 heteroatoms. The molecule has 6 rings (SSSR count). The molecule has 0 amide bonds. The third-order valence-electron chi connectivity index (χ3n) is 10.3. The Bertz CT molecular complexity index is 1490. The van der Waals surface area contributed by atoms with Crippen LogP contribution in [0, 0.1) is 33.1 Å². The average molecular weight is 537 g/mol. The summed E-state index contributed by atoms with van der Waals surface area (Å²) in [6.07, 6.45) is 4.20. The summed E-state index contributed by atoms with van der Waals surface area (Å²) in [5.74, 6) is 0. The SMILES string of the molecule is C/C1=C(\C)c2cc(ccc2C)CC2(Cc3ccc(C)c1c3)Cc1ccc(C)c(c1)/C(C)=C(/C)c1cc(ccc1C)C2. The van der Waals surface area contributed by atoms with Gasteiger partial charge in [0.15, 0.2) is 0 Å². The molecule has 0 atom stereocenters. The van der Waals surface area contributed by atoms with Crippen molar-refractivity contribution in [2.24, 2.45) is 5.41 Å². The Balaban J connectivity index is 1.63. The highest BCUT2D eigenvalue weighted by Gasteiger charge is 2.33. The molecule has 1 spiro atoms. The third kappa shape index (κ3) is 5.03. The average Bonchev–Trinajstić information content (AvgIpc) is 2.96. The lowest BCUT2D eigenvalue weighted by Gasteiger charge is -2.36. The largest absolute Gasteiger partial charge is 0.0587 e. The van der Waals surface area contributed by atoms with Crippen molar-refractivity contribution >= 4 is 22.3 Å². The van der Waals surface area contributed by atoms with Crippen molar-refractivity contribution in [2.45, 2.75) is 81.1 Å². The van der Waals surface area contributed by atoms with E-state index < -0.39 is 0 Å². The number of benzene rings is 4. The van der Waals surface area contributed by atoms with E-state index in [1.807, 2.05) is 0 Å². The van der Waals surface area contributed by atoms with Crippen LogP contribution in [0.15, 0.2) is 72.8 Å². The second kappa shape index (κ2) is 10.3. The fraction of sp³-hybridized carbons (Fsp3) is 0.317. The first-order chi connectivity index (χ1) is 19.5. The van der Waals surface area contributed by atoms with E-state index in [1.54, 1.807) is 0 Å². The lowest BCUT2D eigenvalue weighted by molar-refractivity contribution is 0.275. The van der Waals surface area contributed by atoms with Gasteiger partial charge in [0.1, 0.15) is 0 Å². The monoisotopic (exact) mass is 536 g/mol. The highest BCUT2D eigenvalue weighted by Crippen LogP contribution is 2.42. The zero-order valence-corrected chi connectivity index (χ0v) is 26.3. The van der Waals surface area contributed by atoms with Gasteiger partial charge in [-0.3, -0.25) is 0 Å². The van der Waals surface area contributed by atoms with Crippen molar-refractivity contribution in [1.82, 2.24) is 0 Å². The second-order valence-corrected chi connectivity index (χ2v) is 13.3. The van der Waals surface area contributed by atoms with Gasteiger partial charge in [0.05, 0.1) is 0 Å². The van der Waals surface area contributed by atoms with Gasteiger partial charge in [-0.2, -0.15) is 0 Å². The zero-order chi connectivity index (χ0) is 29.1. The smallest absolute Gasteiger partial charge is 0.0136 e. The van der Waals surface area contributed by atoms with E-state index in [4.69, 9.17) is 0 Å². The predicted octanol–water partition coefficient (Wildman–Crippen LogP) is 10.7. The lowest BCUT2D eigenvalue weighted by atomic mass is 9.68. The first kappa shape index (κ1) is 27.5. The molecular formula is C41H44. The van der Waals surface area contributed by atoms with E-state index >= 15 is 0 Å². The van der Waals surface area contributed by atoms with Gasteiger partial charge >= 0.3 is 0 Å². The standard InChI is InChI=1S/C41H44/c1-25-9-13-33-17-37(25)29(5)30(6)38-18-34(14-10-26(38)2)22-41(21-33)23-35-15-11-27(3)39(19-35)31(7)32(8)40-20-36(24-41)16-12-28(40)4/h9-20H,21-24H2,1-8H3/b30-29-,32-31-. The summed E-state index contributed by atoms with van der Waals surface area (Å²) < 4.78 is 0. The van der Waals surface area contributed by atoms with Crippen LogP contribution in [0.4, 0.5) is 0 Å². The van der Waals surface area contributed by atoms with E-state index in [0.717, 1.165) is 25.7 Å². The van der Waals surface area contributed by atoms with Crippen molar-refractivity contribution in [2.75, 3.05) is 0 Å². The summed E-state index contributed by atoms with van der Waals surface area (Å²) in [6, 6.07) is 29.0. The van der Waals surface area contributed by atoms with Crippen LogP contribution in [-0.4, -0.2) is 0 Å². The first-order valence-corrected chi connectivity index (χ1v) is 15.3. The number of hydrogen-bond donors (Lipinski definition) is 0. The number of rotatable bonds is 0. The highest BCUT2D eigenvalue weighted by atomic mass is 14.4. The molecular weight excluding hydrogens is 492 g/mol. The zero-order valence-electron chi connectivity index (χ0n) is 26.3. The molecule has 0 radical (unpaired) electrons. The van der Waals surface area contributed by atoms with Gasteiger partial charge in [0.25, 0.3) is 0 Å². The summed E-state index contributed by atoms with van der Waals surface area (Å²) in [5, 5.41) is 0. The molecule has 0 nitrogen and oxygen atoms in total. The number of hydrogen-bond acceptors (Lipinski definition) is 0. The van der Waals surface area contributed by atoms with Crippen LogP contribution in [0.1, 0.15) is 94.5 Å². The number of fused-ring (bicyclic) bond motifs is 8. The molecule has 0 unspecified atom stereocenters. The fourth-order valence-electron chi connectivity index (χ4n) is 7.65. The van der Waals surface area contributed by atoms with Gasteiger partial charge in [-0.1, -0.05) is 72.8 Å². The van der Waals surface area contributed by atoms with E-state index in [1.165, 1.54) is 89.1 Å². The topological polar surface area (TPSA) is 0 Å². The Labute approximate surface area is 247 Å². The minimum Gasteiger partial charge on any atom is -0.0587 e. The highest BCUT2D eigenvalue weighted by molar-refractivity contribution is 5.92. The van der Waals surface area contributed by atoms with Crippen molar-refractivity contribution in [3.05, 3.63) is 140 Å². The van der Waals surface area contributed by atoms with Crippen molar-refractivity contribution in [3.8, 4) is 0 Å². The molecule has 0 heterocycles. The molecule has 41 heavy (non-hydrogen) atoms. The Morgan fingerprint density at radius 1 is 0.341 bits per heavy atom. The molecule has 208 valence electrons. The van der Waals surface area contributed by atoms with Gasteiger partial charge in [0.2, 0.25) is 0 Å². The molecule has 0 aromatic heterocycles. The first-order valence-electron chi connectivity index (χ1n) is 15.3. The predicted molar refractivity (Wildman–Crippen MR) is 178 cm³/mol. The summed E-state index contributed by atoms with van der Waals surface area (Å²) in [5.41, 5.74) is 22.4. The normalized spacial score (nSPS) is 19.9. The maximum absolute atomic E-state index is 2.50.